The molecule has 5 nitrogen and oxygen atoms in total. The molecule has 2 aromatic rings. The molecule has 1 N–H and O–H groups in total. The minimum absolute atomic E-state index is 0.0533. The highest BCUT2D eigenvalue weighted by Crippen LogP contribution is 2.13. The number of carbonyl (C=O) groups excluding carboxylic acids is 1. The van der Waals surface area contributed by atoms with Gasteiger partial charge in [-0.25, -0.2) is 9.97 Å². The van der Waals surface area contributed by atoms with Gasteiger partial charge in [0.15, 0.2) is 0 Å². The molecule has 0 aliphatic rings. The summed E-state index contributed by atoms with van der Waals surface area (Å²) in [5, 5.41) is 3.15. The Bertz CT molecular complexity index is 577. The van der Waals surface area contributed by atoms with Crippen molar-refractivity contribution >= 4 is 17.4 Å². The van der Waals surface area contributed by atoms with Crippen LogP contribution in [0.15, 0.2) is 42.7 Å². The Morgan fingerprint density at radius 2 is 1.73 bits per heavy atom. The lowest BCUT2D eigenvalue weighted by atomic mass is 10.3. The van der Waals surface area contributed by atoms with E-state index in [1.807, 2.05) is 35.2 Å². The van der Waals surface area contributed by atoms with Gasteiger partial charge < -0.3 is 10.2 Å². The van der Waals surface area contributed by atoms with E-state index in [-0.39, 0.29) is 5.91 Å². The van der Waals surface area contributed by atoms with Crippen molar-refractivity contribution in [3.63, 3.8) is 0 Å². The standard InChI is InChI=1S/C17H22N4O/c1-3-10-21(11-4-2)17(22)15-12-19-16(13-18-15)20-14-8-6-5-7-9-14/h5-9,12-13H,3-4,10-11H2,1-2H3,(H,19,20). The quantitative estimate of drug-likeness (QED) is 0.850. The number of carbonyl (C=O) groups is 1. The van der Waals surface area contributed by atoms with Crippen molar-refractivity contribution in [1.82, 2.24) is 14.9 Å². The molecular formula is C17H22N4O. The molecule has 0 saturated heterocycles. The van der Waals surface area contributed by atoms with Gasteiger partial charge in [-0.1, -0.05) is 32.0 Å². The molecule has 1 aromatic carbocycles. The van der Waals surface area contributed by atoms with Crippen LogP contribution in [0.2, 0.25) is 0 Å². The highest BCUT2D eigenvalue weighted by atomic mass is 16.2. The third-order valence-electron chi connectivity index (χ3n) is 3.19. The van der Waals surface area contributed by atoms with Crippen LogP contribution < -0.4 is 5.32 Å². The minimum Gasteiger partial charge on any atom is -0.339 e. The predicted molar refractivity (Wildman–Crippen MR) is 88.2 cm³/mol. The number of rotatable bonds is 7. The summed E-state index contributed by atoms with van der Waals surface area (Å²) < 4.78 is 0. The van der Waals surface area contributed by atoms with E-state index < -0.39 is 0 Å². The number of benzene rings is 1. The van der Waals surface area contributed by atoms with Gasteiger partial charge in [0.1, 0.15) is 11.5 Å². The van der Waals surface area contributed by atoms with Crippen LogP contribution in [0.25, 0.3) is 0 Å². The SMILES string of the molecule is CCCN(CCC)C(=O)c1cnc(Nc2ccccc2)cn1. The number of aromatic nitrogens is 2. The van der Waals surface area contributed by atoms with Gasteiger partial charge in [-0.05, 0) is 25.0 Å². The number of hydrogen-bond acceptors (Lipinski definition) is 4. The van der Waals surface area contributed by atoms with Crippen LogP contribution in [-0.2, 0) is 0 Å². The van der Waals surface area contributed by atoms with Gasteiger partial charge in [-0.15, -0.1) is 0 Å². The van der Waals surface area contributed by atoms with Crippen LogP contribution in [-0.4, -0.2) is 33.9 Å². The Balaban J connectivity index is 2.05. The molecule has 0 saturated carbocycles. The summed E-state index contributed by atoms with van der Waals surface area (Å²) >= 11 is 0. The van der Waals surface area contributed by atoms with E-state index >= 15 is 0 Å². The molecule has 5 heteroatoms. The third-order valence-corrected chi connectivity index (χ3v) is 3.19. The largest absolute Gasteiger partial charge is 0.339 e. The van der Waals surface area contributed by atoms with Crippen LogP contribution >= 0.6 is 0 Å². The van der Waals surface area contributed by atoms with Crippen LogP contribution in [0.4, 0.5) is 11.5 Å². The summed E-state index contributed by atoms with van der Waals surface area (Å²) in [4.78, 5) is 22.7. The topological polar surface area (TPSA) is 58.1 Å². The Morgan fingerprint density at radius 1 is 1.05 bits per heavy atom. The van der Waals surface area contributed by atoms with Gasteiger partial charge >= 0.3 is 0 Å². The second-order valence-electron chi connectivity index (χ2n) is 5.07. The van der Waals surface area contributed by atoms with Crippen LogP contribution in [0, 0.1) is 0 Å². The number of hydrogen-bond donors (Lipinski definition) is 1. The fraction of sp³-hybridized carbons (Fsp3) is 0.353. The predicted octanol–water partition coefficient (Wildman–Crippen LogP) is 3.48. The first-order valence-corrected chi connectivity index (χ1v) is 7.68. The number of para-hydroxylation sites is 1. The smallest absolute Gasteiger partial charge is 0.274 e. The monoisotopic (exact) mass is 298 g/mol. The molecule has 0 aliphatic carbocycles. The molecule has 0 aliphatic heterocycles. The highest BCUT2D eigenvalue weighted by Gasteiger charge is 2.15. The summed E-state index contributed by atoms with van der Waals surface area (Å²) in [5.41, 5.74) is 1.33. The van der Waals surface area contributed by atoms with Gasteiger partial charge in [0.2, 0.25) is 0 Å². The molecule has 0 atom stereocenters. The van der Waals surface area contributed by atoms with Crippen molar-refractivity contribution in [2.75, 3.05) is 18.4 Å². The van der Waals surface area contributed by atoms with Crippen LogP contribution in [0.3, 0.4) is 0 Å². The Kier molecular flexibility index (Phi) is 5.89. The molecule has 0 radical (unpaired) electrons. The first-order valence-electron chi connectivity index (χ1n) is 7.68. The molecule has 22 heavy (non-hydrogen) atoms. The van der Waals surface area contributed by atoms with Crippen molar-refractivity contribution in [2.45, 2.75) is 26.7 Å². The van der Waals surface area contributed by atoms with E-state index in [1.165, 1.54) is 6.20 Å². The van der Waals surface area contributed by atoms with E-state index in [0.29, 0.717) is 11.5 Å². The summed E-state index contributed by atoms with van der Waals surface area (Å²) in [6, 6.07) is 9.74. The number of anilines is 2. The van der Waals surface area contributed by atoms with Crippen LogP contribution in [0.1, 0.15) is 37.2 Å². The zero-order valence-corrected chi connectivity index (χ0v) is 13.1. The lowest BCUT2D eigenvalue weighted by molar-refractivity contribution is 0.0749. The number of amides is 1. The molecule has 0 spiro atoms. The molecule has 0 fully saturated rings. The maximum atomic E-state index is 12.4. The van der Waals surface area contributed by atoms with Crippen molar-refractivity contribution in [3.05, 3.63) is 48.4 Å². The summed E-state index contributed by atoms with van der Waals surface area (Å²) in [7, 11) is 0. The van der Waals surface area contributed by atoms with E-state index in [2.05, 4.69) is 29.1 Å². The Labute approximate surface area is 131 Å². The van der Waals surface area contributed by atoms with Gasteiger partial charge in [0.25, 0.3) is 5.91 Å². The van der Waals surface area contributed by atoms with Gasteiger partial charge in [-0.2, -0.15) is 0 Å². The fourth-order valence-electron chi connectivity index (χ4n) is 2.19. The second kappa shape index (κ2) is 8.12. The molecule has 0 bridgehead atoms. The fourth-order valence-corrected chi connectivity index (χ4v) is 2.19. The zero-order chi connectivity index (χ0) is 15.8. The maximum absolute atomic E-state index is 12.4. The van der Waals surface area contributed by atoms with Crippen LogP contribution in [0.5, 0.6) is 0 Å². The minimum atomic E-state index is -0.0533. The van der Waals surface area contributed by atoms with E-state index in [0.717, 1.165) is 31.6 Å². The summed E-state index contributed by atoms with van der Waals surface area (Å²) in [5.74, 6) is 0.572. The van der Waals surface area contributed by atoms with Gasteiger partial charge in [0, 0.05) is 18.8 Å². The lowest BCUT2D eigenvalue weighted by Crippen LogP contribution is -2.33. The summed E-state index contributed by atoms with van der Waals surface area (Å²) in [6.07, 6.45) is 5.00. The van der Waals surface area contributed by atoms with E-state index in [9.17, 15) is 4.79 Å². The first kappa shape index (κ1) is 15.9. The second-order valence-corrected chi connectivity index (χ2v) is 5.07. The van der Waals surface area contributed by atoms with Crippen molar-refractivity contribution < 1.29 is 4.79 Å². The molecule has 116 valence electrons. The normalized spacial score (nSPS) is 10.3. The maximum Gasteiger partial charge on any atom is 0.274 e. The van der Waals surface area contributed by atoms with Crippen molar-refractivity contribution in [3.8, 4) is 0 Å². The average molecular weight is 298 g/mol. The van der Waals surface area contributed by atoms with Crippen molar-refractivity contribution in [1.29, 1.82) is 0 Å². The van der Waals surface area contributed by atoms with Gasteiger partial charge in [0.05, 0.1) is 12.4 Å². The van der Waals surface area contributed by atoms with E-state index in [4.69, 9.17) is 0 Å². The number of nitrogens with zero attached hydrogens (tertiary/aromatic N) is 3. The molecule has 1 amide bonds. The highest BCUT2D eigenvalue weighted by molar-refractivity contribution is 5.92. The average Bonchev–Trinajstić information content (AvgIpc) is 2.56. The number of nitrogens with one attached hydrogen (secondary N) is 1. The molecule has 0 unspecified atom stereocenters. The lowest BCUT2D eigenvalue weighted by Gasteiger charge is -2.20. The van der Waals surface area contributed by atoms with Gasteiger partial charge in [-0.3, -0.25) is 4.79 Å². The zero-order valence-electron chi connectivity index (χ0n) is 13.1. The molecule has 1 heterocycles. The summed E-state index contributed by atoms with van der Waals surface area (Å²) in [6.45, 7) is 5.62. The van der Waals surface area contributed by atoms with Crippen molar-refractivity contribution in [2.24, 2.45) is 0 Å². The van der Waals surface area contributed by atoms with E-state index in [1.54, 1.807) is 6.20 Å². The molecule has 2 rings (SSSR count). The third kappa shape index (κ3) is 4.28. The molecular weight excluding hydrogens is 276 g/mol. The first-order chi connectivity index (χ1) is 10.7. The Morgan fingerprint density at radius 3 is 2.27 bits per heavy atom. The Hall–Kier alpha value is -2.43. The molecule has 1 aromatic heterocycles.